The Balaban J connectivity index is 1.78. The van der Waals surface area contributed by atoms with Gasteiger partial charge < -0.3 is 15.2 Å². The molecule has 25 heavy (non-hydrogen) atoms. The van der Waals surface area contributed by atoms with Gasteiger partial charge in [-0.2, -0.15) is 10.5 Å². The van der Waals surface area contributed by atoms with Gasteiger partial charge in [0, 0.05) is 5.41 Å². The Morgan fingerprint density at radius 3 is 2.28 bits per heavy atom. The largest absolute Gasteiger partial charge is 0.386 e. The summed E-state index contributed by atoms with van der Waals surface area (Å²) in [6.07, 6.45) is 3.37. The summed E-state index contributed by atoms with van der Waals surface area (Å²) in [7, 11) is 0. The summed E-state index contributed by atoms with van der Waals surface area (Å²) in [6, 6.07) is 4.83. The van der Waals surface area contributed by atoms with Crippen molar-refractivity contribution in [1.29, 1.82) is 10.5 Å². The van der Waals surface area contributed by atoms with Gasteiger partial charge in [0.25, 0.3) is 5.91 Å². The predicted octanol–water partition coefficient (Wildman–Crippen LogP) is 2.70. The predicted molar refractivity (Wildman–Crippen MR) is 90.8 cm³/mol. The smallest absolute Gasteiger partial charge is 0.293 e. The summed E-state index contributed by atoms with van der Waals surface area (Å²) in [5.41, 5.74) is 3.77. The molecule has 0 aromatic carbocycles. The summed E-state index contributed by atoms with van der Waals surface area (Å²) < 4.78 is 11.9. The Kier molecular flexibility index (Phi) is 3.06. The van der Waals surface area contributed by atoms with Gasteiger partial charge >= 0.3 is 0 Å². The third kappa shape index (κ3) is 1.51. The van der Waals surface area contributed by atoms with Crippen molar-refractivity contribution in [2.24, 2.45) is 38.3 Å². The van der Waals surface area contributed by atoms with Crippen LogP contribution >= 0.6 is 0 Å². The number of nitrogens with two attached hydrogens (primary N) is 1. The number of fused-ring (bicyclic) bond motifs is 4. The lowest BCUT2D eigenvalue weighted by atomic mass is 9.65. The zero-order chi connectivity index (χ0) is 18.3. The first kappa shape index (κ1) is 16.8. The Labute approximate surface area is 149 Å². The highest BCUT2D eigenvalue weighted by Gasteiger charge is 3.00. The molecule has 2 heterocycles. The van der Waals surface area contributed by atoms with Gasteiger partial charge in [-0.05, 0) is 43.9 Å². The summed E-state index contributed by atoms with van der Waals surface area (Å²) in [4.78, 5) is 4.41. The topological polar surface area (TPSA) is 104 Å². The third-order valence-corrected chi connectivity index (χ3v) is 7.34. The summed E-state index contributed by atoms with van der Waals surface area (Å²) >= 11 is 0. The van der Waals surface area contributed by atoms with Crippen LogP contribution in [0.4, 0.5) is 0 Å². The maximum absolute atomic E-state index is 10.2. The average Bonchev–Trinajstić information content (AvgIpc) is 2.74. The molecule has 4 aliphatic rings. The molecule has 2 aliphatic carbocycles. The van der Waals surface area contributed by atoms with E-state index < -0.39 is 22.2 Å². The van der Waals surface area contributed by atoms with Crippen LogP contribution in [0.5, 0.6) is 0 Å². The molecule has 3 fully saturated rings. The van der Waals surface area contributed by atoms with E-state index in [9.17, 15) is 10.5 Å². The van der Waals surface area contributed by atoms with E-state index in [0.717, 1.165) is 25.7 Å². The van der Waals surface area contributed by atoms with Crippen LogP contribution < -0.4 is 5.73 Å². The molecule has 0 bridgehead atoms. The first-order valence-electron chi connectivity index (χ1n) is 9.16. The van der Waals surface area contributed by atoms with Crippen LogP contribution in [-0.4, -0.2) is 24.5 Å². The number of nitriles is 2. The molecule has 0 unspecified atom stereocenters. The minimum absolute atomic E-state index is 0.167. The zero-order valence-corrected chi connectivity index (χ0v) is 15.4. The van der Waals surface area contributed by atoms with Crippen LogP contribution in [-0.2, 0) is 9.47 Å². The molecule has 0 aromatic heterocycles. The van der Waals surface area contributed by atoms with Crippen LogP contribution in [0.3, 0.4) is 0 Å². The summed E-state index contributed by atoms with van der Waals surface area (Å²) in [6.45, 7) is 9.02. The van der Waals surface area contributed by atoms with E-state index in [1.165, 1.54) is 0 Å². The van der Waals surface area contributed by atoms with Crippen molar-refractivity contribution in [3.63, 3.8) is 0 Å². The molecule has 0 aromatic rings. The van der Waals surface area contributed by atoms with Gasteiger partial charge in [-0.1, -0.05) is 20.8 Å². The molecule has 0 amide bonds. The van der Waals surface area contributed by atoms with Crippen molar-refractivity contribution >= 4 is 5.84 Å². The molecule has 0 radical (unpaired) electrons. The molecule has 6 nitrogen and oxygen atoms in total. The molecule has 4 atom stereocenters. The second-order valence-corrected chi connectivity index (χ2v) is 9.26. The van der Waals surface area contributed by atoms with Gasteiger partial charge in [0.15, 0.2) is 5.41 Å². The van der Waals surface area contributed by atoms with Gasteiger partial charge in [-0.25, -0.2) is 4.99 Å². The molecule has 2 aliphatic heterocycles. The van der Waals surface area contributed by atoms with Crippen molar-refractivity contribution in [3.8, 4) is 12.1 Å². The minimum Gasteiger partial charge on any atom is -0.386 e. The van der Waals surface area contributed by atoms with Gasteiger partial charge in [-0.15, -0.1) is 0 Å². The van der Waals surface area contributed by atoms with E-state index in [-0.39, 0.29) is 17.4 Å². The van der Waals surface area contributed by atoms with Crippen molar-refractivity contribution in [1.82, 2.24) is 0 Å². The van der Waals surface area contributed by atoms with Crippen molar-refractivity contribution in [2.75, 3.05) is 6.61 Å². The second-order valence-electron chi connectivity index (χ2n) is 9.26. The number of aliphatic imine (C=N–C) groups is 1. The van der Waals surface area contributed by atoms with Crippen LogP contribution in [0.15, 0.2) is 4.99 Å². The molecule has 6 heteroatoms. The highest BCUT2D eigenvalue weighted by Crippen LogP contribution is 2.89. The van der Waals surface area contributed by atoms with Crippen molar-refractivity contribution in [3.05, 3.63) is 0 Å². The van der Waals surface area contributed by atoms with E-state index in [1.807, 2.05) is 6.92 Å². The Morgan fingerprint density at radius 1 is 1.20 bits per heavy atom. The first-order valence-corrected chi connectivity index (χ1v) is 9.16. The molecule has 2 spiro atoms. The van der Waals surface area contributed by atoms with E-state index in [2.05, 4.69) is 37.9 Å². The van der Waals surface area contributed by atoms with Gasteiger partial charge in [-0.3, -0.25) is 0 Å². The quantitative estimate of drug-likeness (QED) is 0.729. The Bertz CT molecular complexity index is 734. The van der Waals surface area contributed by atoms with Gasteiger partial charge in [0.05, 0.1) is 24.8 Å². The average molecular weight is 342 g/mol. The standard InChI is InChI=1S/C19H26N4O2/c1-12-9-24-19(25-12)18(11-21)16(17(18,10-20)14(22)23-19)7-5-13(6-8-16)15(2,3)4/h12-13H,5-9H2,1-4H3,(H2,22,23)/t12-,13?,16?,17+,18-,19-/m1/s1. The second kappa shape index (κ2) is 4.55. The SMILES string of the molecule is C[C@@H]1CO[C@@]2(N=C(N)[C@@]3(C#N)C4(CCC(C(C)(C)C)CC4)[C@@]23C#N)O1. The lowest BCUT2D eigenvalue weighted by molar-refractivity contribution is -0.202. The lowest BCUT2D eigenvalue weighted by Gasteiger charge is -2.40. The molecule has 134 valence electrons. The maximum Gasteiger partial charge on any atom is 0.293 e. The highest BCUT2D eigenvalue weighted by molar-refractivity contribution is 6.00. The van der Waals surface area contributed by atoms with Crippen LogP contribution in [0.1, 0.15) is 53.4 Å². The van der Waals surface area contributed by atoms with Gasteiger partial charge in [0.1, 0.15) is 11.3 Å². The lowest BCUT2D eigenvalue weighted by Crippen LogP contribution is -2.43. The monoisotopic (exact) mass is 342 g/mol. The van der Waals surface area contributed by atoms with E-state index in [4.69, 9.17) is 15.2 Å². The summed E-state index contributed by atoms with van der Waals surface area (Å²) in [5, 5.41) is 20.4. The maximum atomic E-state index is 10.2. The number of rotatable bonds is 0. The fourth-order valence-electron chi connectivity index (χ4n) is 6.06. The van der Waals surface area contributed by atoms with Crippen LogP contribution in [0, 0.1) is 50.2 Å². The van der Waals surface area contributed by atoms with E-state index >= 15 is 0 Å². The molecule has 2 N–H and O–H groups in total. The molecule has 2 saturated carbocycles. The number of ether oxygens (including phenoxy) is 2. The van der Waals surface area contributed by atoms with E-state index in [1.54, 1.807) is 0 Å². The summed E-state index contributed by atoms with van der Waals surface area (Å²) in [5.74, 6) is -0.612. The number of hydrogen-bond acceptors (Lipinski definition) is 6. The normalized spacial score (nSPS) is 51.0. The van der Waals surface area contributed by atoms with Gasteiger partial charge in [0.2, 0.25) is 0 Å². The van der Waals surface area contributed by atoms with Crippen molar-refractivity contribution < 1.29 is 9.47 Å². The first-order chi connectivity index (χ1) is 11.7. The highest BCUT2D eigenvalue weighted by atomic mass is 16.8. The Hall–Kier alpha value is -1.63. The fraction of sp³-hybridized carbons (Fsp3) is 0.842. The number of nitrogens with zero attached hydrogens (tertiary/aromatic N) is 3. The van der Waals surface area contributed by atoms with E-state index in [0.29, 0.717) is 12.5 Å². The van der Waals surface area contributed by atoms with Crippen LogP contribution in [0.25, 0.3) is 0 Å². The molecule has 1 saturated heterocycles. The molecular weight excluding hydrogens is 316 g/mol. The minimum atomic E-state index is -1.41. The Morgan fingerprint density at radius 2 is 1.84 bits per heavy atom. The molecular formula is C19H26N4O2. The van der Waals surface area contributed by atoms with Crippen molar-refractivity contribution in [2.45, 2.75) is 65.4 Å². The number of hydrogen-bond donors (Lipinski definition) is 1. The van der Waals surface area contributed by atoms with Crippen LogP contribution in [0.2, 0.25) is 0 Å². The third-order valence-electron chi connectivity index (χ3n) is 7.34. The number of amidine groups is 1. The fourth-order valence-corrected chi connectivity index (χ4v) is 6.06. The zero-order valence-electron chi connectivity index (χ0n) is 15.4. The molecule has 4 rings (SSSR count).